The topological polar surface area (TPSA) is 119 Å². The first-order valence-electron chi connectivity index (χ1n) is 2.36. The molecule has 0 rings (SSSR count). The standard InChI is InChI=1S/C3H7O6P.2Ca/c4-1-3(5)2-9-10(6,7)8;;/h3H,1-2H2,(H2,6,7,8);;/q-2;2*+2/p-2. The van der Waals surface area contributed by atoms with E-state index in [4.69, 9.17) is 0 Å². The van der Waals surface area contributed by atoms with Gasteiger partial charge >= 0.3 is 75.5 Å². The van der Waals surface area contributed by atoms with Gasteiger partial charge in [0.2, 0.25) is 0 Å². The van der Waals surface area contributed by atoms with Crippen molar-refractivity contribution in [2.45, 2.75) is 6.10 Å². The van der Waals surface area contributed by atoms with E-state index in [1.807, 2.05) is 0 Å². The van der Waals surface area contributed by atoms with Gasteiger partial charge in [-0.15, -0.1) is 6.10 Å². The van der Waals surface area contributed by atoms with Gasteiger partial charge in [0.1, 0.15) is 0 Å². The monoisotopic (exact) mass is 248 g/mol. The molecule has 1 unspecified atom stereocenters. The van der Waals surface area contributed by atoms with Gasteiger partial charge < -0.3 is 29.1 Å². The van der Waals surface area contributed by atoms with E-state index in [0.29, 0.717) is 0 Å². The van der Waals surface area contributed by atoms with Crippen LogP contribution in [0.15, 0.2) is 0 Å². The van der Waals surface area contributed by atoms with Crippen molar-refractivity contribution in [2.75, 3.05) is 13.2 Å². The predicted octanol–water partition coefficient (Wildman–Crippen LogP) is -4.84. The van der Waals surface area contributed by atoms with Gasteiger partial charge in [-0.25, -0.2) is 0 Å². The SMILES string of the molecule is O=P([O-])([O-])OCC([O-])C[O-].[Ca+2].[Ca+2]. The Kier molecular flexibility index (Phi) is 16.8. The van der Waals surface area contributed by atoms with Crippen molar-refractivity contribution < 1.29 is 29.1 Å². The van der Waals surface area contributed by atoms with Crippen molar-refractivity contribution in [3.8, 4) is 0 Å². The van der Waals surface area contributed by atoms with Gasteiger partial charge in [0.05, 0.1) is 7.82 Å². The number of hydrogen-bond acceptors (Lipinski definition) is 6. The molecule has 0 aliphatic carbocycles. The first-order chi connectivity index (χ1) is 4.45. The molecule has 0 aliphatic heterocycles. The van der Waals surface area contributed by atoms with Crippen LogP contribution in [0, 0.1) is 0 Å². The van der Waals surface area contributed by atoms with Gasteiger partial charge in [-0.3, -0.25) is 0 Å². The molecule has 0 aromatic heterocycles. The Morgan fingerprint density at radius 2 is 1.75 bits per heavy atom. The maximum absolute atomic E-state index is 10.1. The van der Waals surface area contributed by atoms with Gasteiger partial charge in [0, 0.05) is 6.61 Å². The van der Waals surface area contributed by atoms with Gasteiger partial charge in [-0.05, 0) is 0 Å². The molecule has 6 nitrogen and oxygen atoms in total. The predicted molar refractivity (Wildman–Crippen MR) is 33.7 cm³/mol. The Morgan fingerprint density at radius 1 is 1.33 bits per heavy atom. The largest absolute Gasteiger partial charge is 2.00 e. The fourth-order valence-corrected chi connectivity index (χ4v) is 0.571. The molecule has 0 fully saturated rings. The minimum absolute atomic E-state index is 0. The van der Waals surface area contributed by atoms with E-state index < -0.39 is 27.1 Å². The summed E-state index contributed by atoms with van der Waals surface area (Å²) < 4.78 is 13.2. The third-order valence-electron chi connectivity index (χ3n) is 0.604. The van der Waals surface area contributed by atoms with E-state index in [1.165, 1.54) is 0 Å². The number of phosphoric acid groups is 1. The summed E-state index contributed by atoms with van der Waals surface area (Å²) in [6.07, 6.45) is -1.68. The average Bonchev–Trinajstić information content (AvgIpc) is 1.81. The van der Waals surface area contributed by atoms with Crippen LogP contribution >= 0.6 is 7.82 Å². The minimum atomic E-state index is -5.07. The first kappa shape index (κ1) is 20.0. The summed E-state index contributed by atoms with van der Waals surface area (Å²) in [4.78, 5) is 19.3. The molecule has 1 atom stereocenters. The number of rotatable bonds is 4. The summed E-state index contributed by atoms with van der Waals surface area (Å²) in [6, 6.07) is 0. The molecule has 9 heteroatoms. The normalized spacial score (nSPS) is 12.7. The molecule has 0 aromatic carbocycles. The van der Waals surface area contributed by atoms with E-state index in [9.17, 15) is 24.6 Å². The van der Waals surface area contributed by atoms with Crippen LogP contribution in [0.2, 0.25) is 0 Å². The Hall–Kier alpha value is 2.55. The van der Waals surface area contributed by atoms with Crippen molar-refractivity contribution in [2.24, 2.45) is 0 Å². The van der Waals surface area contributed by atoms with Gasteiger partial charge in [0.15, 0.2) is 0 Å². The summed E-state index contributed by atoms with van der Waals surface area (Å²) in [5.74, 6) is 0. The third kappa shape index (κ3) is 15.0. The zero-order valence-corrected chi connectivity index (χ0v) is 11.6. The van der Waals surface area contributed by atoms with Crippen LogP contribution in [0.4, 0.5) is 0 Å². The summed E-state index contributed by atoms with van der Waals surface area (Å²) in [6.45, 7) is -1.87. The zero-order valence-electron chi connectivity index (χ0n) is 6.30. The van der Waals surface area contributed by atoms with E-state index in [-0.39, 0.29) is 75.5 Å². The maximum Gasteiger partial charge on any atom is 2.00 e. The van der Waals surface area contributed by atoms with E-state index in [2.05, 4.69) is 4.52 Å². The Labute approximate surface area is 130 Å². The molecule has 0 radical (unpaired) electrons. The first-order valence-corrected chi connectivity index (χ1v) is 3.82. The molecule has 0 amide bonds. The summed E-state index contributed by atoms with van der Waals surface area (Å²) in [7, 11) is -5.07. The molecule has 0 saturated carbocycles. The summed E-state index contributed by atoms with van der Waals surface area (Å²) in [5, 5.41) is 19.8. The number of phosphoric ester groups is 1. The molecule has 0 bridgehead atoms. The molecule has 12 heavy (non-hydrogen) atoms. The van der Waals surface area contributed by atoms with E-state index >= 15 is 0 Å². The second kappa shape index (κ2) is 10.1. The van der Waals surface area contributed by atoms with Crippen molar-refractivity contribution in [3.63, 3.8) is 0 Å². The maximum atomic E-state index is 10.1. The molecule has 0 heterocycles. The molecule has 0 aliphatic rings. The van der Waals surface area contributed by atoms with Crippen molar-refractivity contribution in [3.05, 3.63) is 0 Å². The third-order valence-corrected chi connectivity index (χ3v) is 1.07. The molecule has 0 saturated heterocycles. The average molecular weight is 248 g/mol. The Balaban J connectivity index is -0.000000405. The molecule has 62 valence electrons. The van der Waals surface area contributed by atoms with Gasteiger partial charge in [-0.1, -0.05) is 0 Å². The molecular weight excluding hydrogens is 243 g/mol. The van der Waals surface area contributed by atoms with Crippen molar-refractivity contribution >= 4 is 83.3 Å². The molecule has 0 aromatic rings. The molecule has 0 N–H and O–H groups in total. The fraction of sp³-hybridized carbons (Fsp3) is 1.00. The smallest absolute Gasteiger partial charge is 0.855 e. The van der Waals surface area contributed by atoms with Gasteiger partial charge in [0.25, 0.3) is 0 Å². The van der Waals surface area contributed by atoms with Gasteiger partial charge in [-0.2, -0.15) is 6.61 Å². The Bertz CT molecular complexity index is 137. The summed E-state index contributed by atoms with van der Waals surface area (Å²) >= 11 is 0. The fourth-order valence-electron chi connectivity index (χ4n) is 0.223. The van der Waals surface area contributed by atoms with Crippen LogP contribution in [-0.4, -0.2) is 94.8 Å². The van der Waals surface area contributed by atoms with Crippen LogP contribution in [0.5, 0.6) is 0 Å². The quantitative estimate of drug-likeness (QED) is 0.363. The van der Waals surface area contributed by atoms with E-state index in [1.54, 1.807) is 0 Å². The molecular formula is C3H5Ca2O6P. The second-order valence-electron chi connectivity index (χ2n) is 1.53. The van der Waals surface area contributed by atoms with Crippen molar-refractivity contribution in [1.29, 1.82) is 0 Å². The Morgan fingerprint density at radius 3 is 2.00 bits per heavy atom. The van der Waals surface area contributed by atoms with E-state index in [0.717, 1.165) is 0 Å². The van der Waals surface area contributed by atoms with Crippen LogP contribution in [-0.2, 0) is 9.09 Å². The van der Waals surface area contributed by atoms with Crippen LogP contribution in [0.3, 0.4) is 0 Å². The second-order valence-corrected chi connectivity index (χ2v) is 2.68. The van der Waals surface area contributed by atoms with Crippen LogP contribution < -0.4 is 20.0 Å². The molecule has 0 spiro atoms. The minimum Gasteiger partial charge on any atom is -0.855 e. The zero-order chi connectivity index (χ0) is 8.20. The summed E-state index contributed by atoms with van der Waals surface area (Å²) in [5.41, 5.74) is 0. The van der Waals surface area contributed by atoms with Crippen LogP contribution in [0.25, 0.3) is 0 Å². The number of hydrogen-bond donors (Lipinski definition) is 0. The van der Waals surface area contributed by atoms with Crippen LogP contribution in [0.1, 0.15) is 0 Å². The van der Waals surface area contributed by atoms with Crippen molar-refractivity contribution in [1.82, 2.24) is 0 Å².